The summed E-state index contributed by atoms with van der Waals surface area (Å²) < 4.78 is 11.6. The molecule has 5 nitrogen and oxygen atoms in total. The SMILES string of the molecule is CC(C)CN=C(NCCc1ccco1)NC1CCOC2(CCCC2)C1.I. The molecule has 2 N–H and O–H groups in total. The predicted molar refractivity (Wildman–Crippen MR) is 116 cm³/mol. The summed E-state index contributed by atoms with van der Waals surface area (Å²) in [5, 5.41) is 7.15. The maximum Gasteiger partial charge on any atom is 0.191 e. The lowest BCUT2D eigenvalue weighted by atomic mass is 9.89. The minimum atomic E-state index is 0. The van der Waals surface area contributed by atoms with Gasteiger partial charge in [0.2, 0.25) is 0 Å². The molecular weight excluding hydrogens is 441 g/mol. The topological polar surface area (TPSA) is 58.8 Å². The number of halogens is 1. The Morgan fingerprint density at radius 3 is 2.85 bits per heavy atom. The third-order valence-corrected chi connectivity index (χ3v) is 5.21. The second-order valence-corrected chi connectivity index (χ2v) is 7.91. The van der Waals surface area contributed by atoms with Crippen molar-refractivity contribution in [1.82, 2.24) is 10.6 Å². The van der Waals surface area contributed by atoms with Crippen molar-refractivity contribution < 1.29 is 9.15 Å². The molecule has 1 saturated heterocycles. The Bertz CT molecular complexity index is 539. The average molecular weight is 475 g/mol. The van der Waals surface area contributed by atoms with E-state index in [-0.39, 0.29) is 29.6 Å². The quantitative estimate of drug-likeness (QED) is 0.369. The number of furan rings is 1. The molecule has 6 heteroatoms. The number of aliphatic imine (C=N–C) groups is 1. The van der Waals surface area contributed by atoms with Crippen LogP contribution in [0.1, 0.15) is 58.1 Å². The van der Waals surface area contributed by atoms with Crippen molar-refractivity contribution >= 4 is 29.9 Å². The zero-order valence-electron chi connectivity index (χ0n) is 16.1. The predicted octanol–water partition coefficient (Wildman–Crippen LogP) is 4.12. The second-order valence-electron chi connectivity index (χ2n) is 7.91. The molecule has 26 heavy (non-hydrogen) atoms. The van der Waals surface area contributed by atoms with Gasteiger partial charge in [-0.2, -0.15) is 0 Å². The Labute approximate surface area is 174 Å². The molecule has 0 aromatic carbocycles. The zero-order chi connectivity index (χ0) is 17.5. The van der Waals surface area contributed by atoms with E-state index in [4.69, 9.17) is 14.1 Å². The van der Waals surface area contributed by atoms with Crippen LogP contribution < -0.4 is 10.6 Å². The molecule has 1 aliphatic heterocycles. The highest BCUT2D eigenvalue weighted by Gasteiger charge is 2.40. The van der Waals surface area contributed by atoms with Crippen LogP contribution in [0.4, 0.5) is 0 Å². The Morgan fingerprint density at radius 2 is 2.15 bits per heavy atom. The van der Waals surface area contributed by atoms with E-state index >= 15 is 0 Å². The van der Waals surface area contributed by atoms with Crippen molar-refractivity contribution in [1.29, 1.82) is 0 Å². The number of rotatable bonds is 6. The fraction of sp³-hybridized carbons (Fsp3) is 0.750. The molecule has 1 saturated carbocycles. The summed E-state index contributed by atoms with van der Waals surface area (Å²) in [7, 11) is 0. The van der Waals surface area contributed by atoms with Crippen molar-refractivity contribution in [2.45, 2.75) is 70.4 Å². The number of nitrogens with one attached hydrogen (secondary N) is 2. The minimum absolute atomic E-state index is 0. The van der Waals surface area contributed by atoms with E-state index in [9.17, 15) is 0 Å². The normalized spacial score (nSPS) is 22.4. The lowest BCUT2D eigenvalue weighted by Gasteiger charge is -2.39. The first-order chi connectivity index (χ1) is 12.2. The standard InChI is InChI=1S/C20H33N3O2.HI/c1-16(2)15-22-19(21-11-7-18-6-5-12-24-18)23-17-8-13-25-20(14-17)9-3-4-10-20;/h5-6,12,16-17H,3-4,7-11,13-15H2,1-2H3,(H2,21,22,23);1H. The number of guanidine groups is 1. The van der Waals surface area contributed by atoms with Crippen molar-refractivity contribution in [3.05, 3.63) is 24.2 Å². The van der Waals surface area contributed by atoms with E-state index in [1.54, 1.807) is 6.26 Å². The summed E-state index contributed by atoms with van der Waals surface area (Å²) in [4.78, 5) is 4.77. The summed E-state index contributed by atoms with van der Waals surface area (Å²) in [5.41, 5.74) is 0.132. The van der Waals surface area contributed by atoms with Crippen molar-refractivity contribution in [3.8, 4) is 0 Å². The monoisotopic (exact) mass is 475 g/mol. The highest BCUT2D eigenvalue weighted by Crippen LogP contribution is 2.39. The summed E-state index contributed by atoms with van der Waals surface area (Å²) in [6.45, 7) is 6.93. The second kappa shape index (κ2) is 10.5. The fourth-order valence-electron chi connectivity index (χ4n) is 3.90. The van der Waals surface area contributed by atoms with Gasteiger partial charge in [-0.1, -0.05) is 26.7 Å². The lowest BCUT2D eigenvalue weighted by Crippen LogP contribution is -2.51. The fourth-order valence-corrected chi connectivity index (χ4v) is 3.90. The molecule has 2 heterocycles. The molecule has 3 rings (SSSR count). The van der Waals surface area contributed by atoms with Crippen LogP contribution in [0.15, 0.2) is 27.8 Å². The molecule has 1 aromatic heterocycles. The Morgan fingerprint density at radius 1 is 1.35 bits per heavy atom. The van der Waals surface area contributed by atoms with E-state index in [1.165, 1.54) is 25.7 Å². The van der Waals surface area contributed by atoms with Gasteiger partial charge >= 0.3 is 0 Å². The third kappa shape index (κ3) is 6.44. The molecule has 0 bridgehead atoms. The van der Waals surface area contributed by atoms with Gasteiger partial charge in [0.15, 0.2) is 5.96 Å². The highest BCUT2D eigenvalue weighted by molar-refractivity contribution is 14.0. The van der Waals surface area contributed by atoms with E-state index in [0.29, 0.717) is 12.0 Å². The number of ether oxygens (including phenoxy) is 1. The first-order valence-electron chi connectivity index (χ1n) is 9.86. The van der Waals surface area contributed by atoms with Gasteiger partial charge in [-0.25, -0.2) is 0 Å². The Balaban J connectivity index is 0.00000243. The first-order valence-corrected chi connectivity index (χ1v) is 9.86. The van der Waals surface area contributed by atoms with Gasteiger partial charge < -0.3 is 19.8 Å². The van der Waals surface area contributed by atoms with E-state index in [0.717, 1.165) is 50.7 Å². The van der Waals surface area contributed by atoms with Crippen molar-refractivity contribution in [2.75, 3.05) is 19.7 Å². The smallest absolute Gasteiger partial charge is 0.191 e. The van der Waals surface area contributed by atoms with E-state index in [2.05, 4.69) is 24.5 Å². The molecule has 0 amide bonds. The summed E-state index contributed by atoms with van der Waals surface area (Å²) in [6.07, 6.45) is 9.81. The first kappa shape index (κ1) is 21.5. The molecule has 1 spiro atoms. The van der Waals surface area contributed by atoms with Crippen LogP contribution in [-0.2, 0) is 11.2 Å². The molecule has 1 unspecified atom stereocenters. The highest BCUT2D eigenvalue weighted by atomic mass is 127. The number of nitrogens with zero attached hydrogens (tertiary/aromatic N) is 1. The Hall–Kier alpha value is -0.760. The van der Waals surface area contributed by atoms with Crippen LogP contribution in [0.5, 0.6) is 0 Å². The third-order valence-electron chi connectivity index (χ3n) is 5.21. The maximum absolute atomic E-state index is 6.15. The molecule has 1 aromatic rings. The van der Waals surface area contributed by atoms with Gasteiger partial charge in [0, 0.05) is 32.2 Å². The number of hydrogen-bond acceptors (Lipinski definition) is 3. The molecule has 1 aliphatic carbocycles. The molecule has 2 aliphatic rings. The van der Waals surface area contributed by atoms with Crippen LogP contribution in [0.25, 0.3) is 0 Å². The van der Waals surface area contributed by atoms with Gasteiger partial charge in [-0.15, -0.1) is 24.0 Å². The molecule has 0 radical (unpaired) electrons. The minimum Gasteiger partial charge on any atom is -0.469 e. The van der Waals surface area contributed by atoms with Gasteiger partial charge in [0.05, 0.1) is 11.9 Å². The Kier molecular flexibility index (Phi) is 8.73. The largest absolute Gasteiger partial charge is 0.469 e. The van der Waals surface area contributed by atoms with Crippen LogP contribution >= 0.6 is 24.0 Å². The van der Waals surface area contributed by atoms with Crippen molar-refractivity contribution in [2.24, 2.45) is 10.9 Å². The van der Waals surface area contributed by atoms with Gasteiger partial charge in [0.1, 0.15) is 5.76 Å². The van der Waals surface area contributed by atoms with Crippen LogP contribution in [0.2, 0.25) is 0 Å². The molecule has 2 fully saturated rings. The zero-order valence-corrected chi connectivity index (χ0v) is 18.5. The van der Waals surface area contributed by atoms with Crippen LogP contribution in [0.3, 0.4) is 0 Å². The molecular formula is C20H34IN3O2. The van der Waals surface area contributed by atoms with Gasteiger partial charge in [-0.3, -0.25) is 4.99 Å². The summed E-state index contributed by atoms with van der Waals surface area (Å²) in [5.74, 6) is 2.49. The lowest BCUT2D eigenvalue weighted by molar-refractivity contribution is -0.0815. The van der Waals surface area contributed by atoms with Crippen LogP contribution in [-0.4, -0.2) is 37.3 Å². The average Bonchev–Trinajstić information content (AvgIpc) is 3.25. The van der Waals surface area contributed by atoms with Crippen LogP contribution in [0, 0.1) is 5.92 Å². The van der Waals surface area contributed by atoms with E-state index in [1.807, 2.05) is 12.1 Å². The van der Waals surface area contributed by atoms with Gasteiger partial charge in [-0.05, 0) is 43.7 Å². The van der Waals surface area contributed by atoms with Gasteiger partial charge in [0.25, 0.3) is 0 Å². The summed E-state index contributed by atoms with van der Waals surface area (Å²) in [6, 6.07) is 4.40. The molecule has 148 valence electrons. The number of hydrogen-bond donors (Lipinski definition) is 2. The van der Waals surface area contributed by atoms with Crippen molar-refractivity contribution in [3.63, 3.8) is 0 Å². The van der Waals surface area contributed by atoms with E-state index < -0.39 is 0 Å². The summed E-state index contributed by atoms with van der Waals surface area (Å²) >= 11 is 0. The molecule has 1 atom stereocenters. The maximum atomic E-state index is 6.15.